The maximum atomic E-state index is 12.2. The van der Waals surface area contributed by atoms with E-state index in [1.54, 1.807) is 6.92 Å². The molecular weight excluding hydrogens is 421 g/mol. The minimum atomic E-state index is -1.07. The lowest BCUT2D eigenvalue weighted by Crippen LogP contribution is -2.43. The fourth-order valence-electron chi connectivity index (χ4n) is 2.34. The van der Waals surface area contributed by atoms with Crippen LogP contribution in [0.25, 0.3) is 0 Å². The molecule has 2 atom stereocenters. The average Bonchev–Trinajstić information content (AvgIpc) is 2.74. The molecule has 178 valence electrons. The maximum Gasteiger partial charge on any atom is 0.306 e. The smallest absolute Gasteiger partial charge is 0.306 e. The summed E-state index contributed by atoms with van der Waals surface area (Å²) < 4.78 is 16.5. The van der Waals surface area contributed by atoms with Gasteiger partial charge in [0.15, 0.2) is 11.6 Å². The molecule has 0 bridgehead atoms. The average molecular weight is 454 g/mol. The summed E-state index contributed by atoms with van der Waals surface area (Å²) in [5, 5.41) is 10.6. The Balaban J connectivity index is 0.000000900. The fourth-order valence-corrected chi connectivity index (χ4v) is 2.34. The SMILES string of the molecule is CC(=O)[C@H](C)NC(=O)[C@@H](CC(=O)OCc1ccccc1)C(C)C.O=C(O)CCC(=O)CF. The standard InChI is InChI=1S/C18H25NO4.C5H7FO3/c1-12(2)16(18(22)19-13(3)14(4)20)10-17(21)23-11-15-8-6-5-7-9-15;6-3-4(7)1-2-5(8)9/h5-9,12-13,16H,10-11H2,1-4H3,(H,19,22);1-3H2,(H,8,9)/t13-,16-;/m0./s1. The van der Waals surface area contributed by atoms with E-state index in [2.05, 4.69) is 5.32 Å². The summed E-state index contributed by atoms with van der Waals surface area (Å²) in [6.07, 6.45) is -0.477. The Labute approximate surface area is 187 Å². The Morgan fingerprint density at radius 2 is 1.62 bits per heavy atom. The van der Waals surface area contributed by atoms with Gasteiger partial charge in [-0.25, -0.2) is 4.39 Å². The summed E-state index contributed by atoms with van der Waals surface area (Å²) in [5.41, 5.74) is 0.900. The molecule has 1 rings (SSSR count). The zero-order chi connectivity index (χ0) is 24.7. The van der Waals surface area contributed by atoms with Gasteiger partial charge in [-0.05, 0) is 25.3 Å². The van der Waals surface area contributed by atoms with Gasteiger partial charge in [0.2, 0.25) is 5.91 Å². The molecule has 32 heavy (non-hydrogen) atoms. The molecular formula is C23H32FNO7. The van der Waals surface area contributed by atoms with Crippen molar-refractivity contribution in [2.24, 2.45) is 11.8 Å². The summed E-state index contributed by atoms with van der Waals surface area (Å²) >= 11 is 0. The molecule has 9 heteroatoms. The Kier molecular flexibility index (Phi) is 14.1. The van der Waals surface area contributed by atoms with Gasteiger partial charge in [-0.2, -0.15) is 0 Å². The molecule has 1 aromatic rings. The molecule has 1 aromatic carbocycles. The number of carboxylic acid groups (broad SMARTS) is 1. The van der Waals surface area contributed by atoms with Crippen LogP contribution < -0.4 is 5.32 Å². The van der Waals surface area contributed by atoms with Crippen molar-refractivity contribution in [3.05, 3.63) is 35.9 Å². The van der Waals surface area contributed by atoms with Crippen molar-refractivity contribution in [2.45, 2.75) is 59.6 Å². The molecule has 0 unspecified atom stereocenters. The quantitative estimate of drug-likeness (QED) is 0.466. The van der Waals surface area contributed by atoms with E-state index in [0.717, 1.165) is 5.56 Å². The third kappa shape index (κ3) is 13.3. The largest absolute Gasteiger partial charge is 0.481 e. The zero-order valence-corrected chi connectivity index (χ0v) is 18.9. The molecule has 0 aliphatic rings. The topological polar surface area (TPSA) is 127 Å². The summed E-state index contributed by atoms with van der Waals surface area (Å²) in [7, 11) is 0. The molecule has 1 amide bonds. The van der Waals surface area contributed by atoms with Crippen molar-refractivity contribution in [2.75, 3.05) is 6.67 Å². The van der Waals surface area contributed by atoms with E-state index < -0.39 is 36.4 Å². The second-order valence-corrected chi connectivity index (χ2v) is 7.61. The number of amides is 1. The number of benzene rings is 1. The second kappa shape index (κ2) is 15.7. The first-order valence-corrected chi connectivity index (χ1v) is 10.3. The summed E-state index contributed by atoms with van der Waals surface area (Å²) in [6.45, 7) is 5.92. The first-order chi connectivity index (χ1) is 15.0. The van der Waals surface area contributed by atoms with Gasteiger partial charge in [0, 0.05) is 6.42 Å². The maximum absolute atomic E-state index is 12.2. The van der Waals surface area contributed by atoms with Crippen molar-refractivity contribution in [1.29, 1.82) is 0 Å². The van der Waals surface area contributed by atoms with Gasteiger partial charge in [-0.15, -0.1) is 0 Å². The molecule has 0 heterocycles. The summed E-state index contributed by atoms with van der Waals surface area (Å²) in [4.78, 5) is 55.3. The lowest BCUT2D eigenvalue weighted by atomic mass is 9.91. The Morgan fingerprint density at radius 3 is 2.09 bits per heavy atom. The van der Waals surface area contributed by atoms with Gasteiger partial charge < -0.3 is 15.2 Å². The highest BCUT2D eigenvalue weighted by Gasteiger charge is 2.27. The number of ketones is 2. The Hall–Kier alpha value is -3.10. The first-order valence-electron chi connectivity index (χ1n) is 10.3. The second-order valence-electron chi connectivity index (χ2n) is 7.61. The van der Waals surface area contributed by atoms with Crippen molar-refractivity contribution in [3.63, 3.8) is 0 Å². The fraction of sp³-hybridized carbons (Fsp3) is 0.522. The normalized spacial score (nSPS) is 12.1. The molecule has 0 aliphatic carbocycles. The number of nitrogens with one attached hydrogen (secondary N) is 1. The van der Waals surface area contributed by atoms with E-state index in [-0.39, 0.29) is 43.5 Å². The van der Waals surface area contributed by atoms with Crippen LogP contribution in [0.1, 0.15) is 52.5 Å². The number of hydrogen-bond donors (Lipinski definition) is 2. The van der Waals surface area contributed by atoms with Crippen LogP contribution in [0.4, 0.5) is 4.39 Å². The van der Waals surface area contributed by atoms with Crippen LogP contribution in [0.15, 0.2) is 30.3 Å². The number of Topliss-reactive ketones (excluding diaryl/α,β-unsaturated/α-hetero) is 2. The minimum absolute atomic E-state index is 0.000951. The van der Waals surface area contributed by atoms with E-state index in [4.69, 9.17) is 9.84 Å². The minimum Gasteiger partial charge on any atom is -0.481 e. The third-order valence-electron chi connectivity index (χ3n) is 4.51. The lowest BCUT2D eigenvalue weighted by molar-refractivity contribution is -0.149. The van der Waals surface area contributed by atoms with E-state index in [1.165, 1.54) is 6.92 Å². The molecule has 8 nitrogen and oxygen atoms in total. The van der Waals surface area contributed by atoms with E-state index in [0.29, 0.717) is 0 Å². The highest BCUT2D eigenvalue weighted by Crippen LogP contribution is 2.17. The van der Waals surface area contributed by atoms with Crippen molar-refractivity contribution < 1.29 is 38.2 Å². The Morgan fingerprint density at radius 1 is 1.03 bits per heavy atom. The monoisotopic (exact) mass is 453 g/mol. The van der Waals surface area contributed by atoms with Crippen LogP contribution in [0.5, 0.6) is 0 Å². The van der Waals surface area contributed by atoms with E-state index in [1.807, 2.05) is 44.2 Å². The number of carbonyl (C=O) groups excluding carboxylic acids is 4. The first kappa shape index (κ1) is 28.9. The number of aliphatic carboxylic acids is 1. The molecule has 0 aliphatic heterocycles. The molecule has 0 saturated carbocycles. The third-order valence-corrected chi connectivity index (χ3v) is 4.51. The van der Waals surface area contributed by atoms with E-state index >= 15 is 0 Å². The number of alkyl halides is 1. The number of ether oxygens (including phenoxy) is 1. The van der Waals surface area contributed by atoms with Gasteiger partial charge in [0.25, 0.3) is 0 Å². The van der Waals surface area contributed by atoms with Crippen LogP contribution in [0.2, 0.25) is 0 Å². The van der Waals surface area contributed by atoms with Gasteiger partial charge in [-0.3, -0.25) is 24.0 Å². The van der Waals surface area contributed by atoms with Gasteiger partial charge in [0.05, 0.1) is 24.8 Å². The highest BCUT2D eigenvalue weighted by molar-refractivity contribution is 5.89. The van der Waals surface area contributed by atoms with Crippen LogP contribution in [-0.4, -0.2) is 47.2 Å². The summed E-state index contributed by atoms with van der Waals surface area (Å²) in [6, 6.07) is 8.82. The number of carboxylic acids is 1. The van der Waals surface area contributed by atoms with Crippen LogP contribution in [0, 0.1) is 11.8 Å². The van der Waals surface area contributed by atoms with E-state index in [9.17, 15) is 28.4 Å². The van der Waals surface area contributed by atoms with Crippen LogP contribution >= 0.6 is 0 Å². The highest BCUT2D eigenvalue weighted by atomic mass is 19.1. The number of carbonyl (C=O) groups is 5. The predicted octanol–water partition coefficient (Wildman–Crippen LogP) is 2.88. The van der Waals surface area contributed by atoms with Gasteiger partial charge >= 0.3 is 11.9 Å². The van der Waals surface area contributed by atoms with Crippen molar-refractivity contribution >= 4 is 29.4 Å². The predicted molar refractivity (Wildman–Crippen MR) is 115 cm³/mol. The van der Waals surface area contributed by atoms with Crippen molar-refractivity contribution in [3.8, 4) is 0 Å². The molecule has 0 spiro atoms. The molecule has 0 fully saturated rings. The lowest BCUT2D eigenvalue weighted by Gasteiger charge is -2.21. The summed E-state index contributed by atoms with van der Waals surface area (Å²) in [5.74, 6) is -3.10. The molecule has 0 radical (unpaired) electrons. The van der Waals surface area contributed by atoms with Crippen LogP contribution in [0.3, 0.4) is 0 Å². The number of halogens is 1. The van der Waals surface area contributed by atoms with Crippen LogP contribution in [-0.2, 0) is 35.3 Å². The van der Waals surface area contributed by atoms with Crippen molar-refractivity contribution in [1.82, 2.24) is 5.32 Å². The number of hydrogen-bond acceptors (Lipinski definition) is 6. The molecule has 0 aromatic heterocycles. The van der Waals surface area contributed by atoms with Gasteiger partial charge in [-0.1, -0.05) is 44.2 Å². The number of rotatable bonds is 12. The van der Waals surface area contributed by atoms with Gasteiger partial charge in [0.1, 0.15) is 13.3 Å². The molecule has 0 saturated heterocycles. The molecule has 2 N–H and O–H groups in total. The zero-order valence-electron chi connectivity index (χ0n) is 18.9. The number of esters is 1. The Bertz CT molecular complexity index is 765.